The standard InChI is InChI=1S/C28H18/c1-3-8-19(9-4-1)21-14-15-23-26-17-16-22(20-10-5-2-6-11-20)24-12-7-13-25(28(24)26)27(23)18-21/h1-18H. The molecule has 0 unspecified atom stereocenters. The quantitative estimate of drug-likeness (QED) is 0.297. The minimum atomic E-state index is 1.26. The SMILES string of the molecule is c1ccc(-c2ccc3c(c2)-c2cccc4c(-c5ccccc5)ccc-3c24)cc1. The molecule has 0 atom stereocenters. The summed E-state index contributed by atoms with van der Waals surface area (Å²) in [5, 5.41) is 2.71. The molecule has 0 amide bonds. The summed E-state index contributed by atoms with van der Waals surface area (Å²) in [4.78, 5) is 0. The average molecular weight is 354 g/mol. The van der Waals surface area contributed by atoms with E-state index in [2.05, 4.69) is 109 Å². The molecule has 0 spiro atoms. The number of fused-ring (bicyclic) bond motifs is 3. The van der Waals surface area contributed by atoms with Gasteiger partial charge >= 0.3 is 0 Å². The van der Waals surface area contributed by atoms with Crippen molar-refractivity contribution in [1.29, 1.82) is 0 Å². The van der Waals surface area contributed by atoms with E-state index in [1.54, 1.807) is 0 Å². The maximum atomic E-state index is 2.35. The van der Waals surface area contributed by atoms with Crippen LogP contribution in [0.25, 0.3) is 55.3 Å². The summed E-state index contributed by atoms with van der Waals surface area (Å²) in [7, 11) is 0. The van der Waals surface area contributed by atoms with Crippen molar-refractivity contribution in [1.82, 2.24) is 0 Å². The zero-order valence-electron chi connectivity index (χ0n) is 15.4. The van der Waals surface area contributed by atoms with Crippen LogP contribution in [0.15, 0.2) is 109 Å². The van der Waals surface area contributed by atoms with Gasteiger partial charge in [0.1, 0.15) is 0 Å². The predicted octanol–water partition coefficient (Wildman–Crippen LogP) is 7.82. The second-order valence-corrected chi connectivity index (χ2v) is 7.38. The van der Waals surface area contributed by atoms with Crippen LogP contribution in [0.4, 0.5) is 0 Å². The van der Waals surface area contributed by atoms with Crippen LogP contribution in [0.5, 0.6) is 0 Å². The van der Waals surface area contributed by atoms with Crippen LogP contribution in [0.1, 0.15) is 0 Å². The van der Waals surface area contributed by atoms with Crippen LogP contribution < -0.4 is 0 Å². The van der Waals surface area contributed by atoms with Gasteiger partial charge in [-0.3, -0.25) is 0 Å². The Bertz CT molecular complexity index is 1330. The van der Waals surface area contributed by atoms with Crippen molar-refractivity contribution in [2.45, 2.75) is 0 Å². The first-order valence-corrected chi connectivity index (χ1v) is 9.71. The summed E-state index contributed by atoms with van der Waals surface area (Å²) in [6.45, 7) is 0. The molecule has 1 aliphatic carbocycles. The Morgan fingerprint density at radius 1 is 0.321 bits per heavy atom. The van der Waals surface area contributed by atoms with Gasteiger partial charge in [-0.15, -0.1) is 0 Å². The fraction of sp³-hybridized carbons (Fsp3) is 0. The maximum Gasteiger partial charge on any atom is -0.00201 e. The highest BCUT2D eigenvalue weighted by Gasteiger charge is 2.23. The van der Waals surface area contributed by atoms with Gasteiger partial charge in [-0.05, 0) is 61.3 Å². The lowest BCUT2D eigenvalue weighted by Crippen LogP contribution is -1.82. The van der Waals surface area contributed by atoms with Crippen molar-refractivity contribution in [2.75, 3.05) is 0 Å². The Labute approximate surface area is 164 Å². The average Bonchev–Trinajstić information content (AvgIpc) is 3.10. The topological polar surface area (TPSA) is 0 Å². The molecule has 0 saturated carbocycles. The highest BCUT2D eigenvalue weighted by atomic mass is 14.3. The molecule has 0 radical (unpaired) electrons. The third kappa shape index (κ3) is 2.18. The third-order valence-electron chi connectivity index (χ3n) is 5.83. The molecule has 0 nitrogen and oxygen atoms in total. The van der Waals surface area contributed by atoms with Crippen LogP contribution >= 0.6 is 0 Å². The first kappa shape index (κ1) is 15.4. The molecule has 0 fully saturated rings. The maximum absolute atomic E-state index is 2.35. The summed E-state index contributed by atoms with van der Waals surface area (Å²) in [6.07, 6.45) is 0. The molecule has 0 bridgehead atoms. The predicted molar refractivity (Wildman–Crippen MR) is 119 cm³/mol. The number of rotatable bonds is 2. The van der Waals surface area contributed by atoms with Crippen molar-refractivity contribution >= 4 is 10.8 Å². The van der Waals surface area contributed by atoms with Gasteiger partial charge in [0.2, 0.25) is 0 Å². The van der Waals surface area contributed by atoms with Gasteiger partial charge < -0.3 is 0 Å². The van der Waals surface area contributed by atoms with Gasteiger partial charge in [-0.25, -0.2) is 0 Å². The molecule has 130 valence electrons. The van der Waals surface area contributed by atoms with E-state index < -0.39 is 0 Å². The molecule has 0 saturated heterocycles. The summed E-state index contributed by atoms with van der Waals surface area (Å²) in [5.74, 6) is 0. The van der Waals surface area contributed by atoms with Crippen molar-refractivity contribution in [3.63, 3.8) is 0 Å². The van der Waals surface area contributed by atoms with Gasteiger partial charge in [0, 0.05) is 0 Å². The molecule has 0 heterocycles. The first-order chi connectivity index (χ1) is 13.9. The van der Waals surface area contributed by atoms with E-state index in [9.17, 15) is 0 Å². The fourth-order valence-corrected chi connectivity index (χ4v) is 4.54. The van der Waals surface area contributed by atoms with E-state index in [-0.39, 0.29) is 0 Å². The van der Waals surface area contributed by atoms with E-state index in [1.807, 2.05) is 0 Å². The highest BCUT2D eigenvalue weighted by Crippen LogP contribution is 2.50. The largest absolute Gasteiger partial charge is 0.0622 e. The molecular weight excluding hydrogens is 336 g/mol. The van der Waals surface area contributed by atoms with Crippen LogP contribution in [0.2, 0.25) is 0 Å². The van der Waals surface area contributed by atoms with E-state index in [0.717, 1.165) is 0 Å². The molecule has 0 aromatic heterocycles. The van der Waals surface area contributed by atoms with E-state index >= 15 is 0 Å². The Hall–Kier alpha value is -3.64. The molecule has 1 aliphatic rings. The van der Waals surface area contributed by atoms with Crippen LogP contribution in [0, 0.1) is 0 Å². The second-order valence-electron chi connectivity index (χ2n) is 7.38. The third-order valence-corrected chi connectivity index (χ3v) is 5.83. The smallest absolute Gasteiger partial charge is 0.00201 e. The molecule has 0 heteroatoms. The van der Waals surface area contributed by atoms with Gasteiger partial charge in [0.25, 0.3) is 0 Å². The summed E-state index contributed by atoms with van der Waals surface area (Å²) in [5.41, 5.74) is 10.5. The van der Waals surface area contributed by atoms with Crippen LogP contribution in [0.3, 0.4) is 0 Å². The lowest BCUT2D eigenvalue weighted by atomic mass is 9.94. The summed E-state index contributed by atoms with van der Waals surface area (Å²) >= 11 is 0. The molecule has 0 aliphatic heterocycles. The minimum Gasteiger partial charge on any atom is -0.0622 e. The highest BCUT2D eigenvalue weighted by molar-refractivity contribution is 6.19. The van der Waals surface area contributed by atoms with Crippen molar-refractivity contribution in [3.8, 4) is 44.5 Å². The second kappa shape index (κ2) is 5.94. The Morgan fingerprint density at radius 3 is 1.75 bits per heavy atom. The number of hydrogen-bond donors (Lipinski definition) is 0. The molecule has 5 aromatic carbocycles. The normalized spacial score (nSPS) is 11.6. The molecule has 5 aromatic rings. The molecule has 6 rings (SSSR count). The molecular formula is C28H18. The monoisotopic (exact) mass is 354 g/mol. The zero-order chi connectivity index (χ0) is 18.5. The lowest BCUT2D eigenvalue weighted by Gasteiger charge is -2.09. The summed E-state index contributed by atoms with van der Waals surface area (Å²) in [6, 6.07) is 39.5. The van der Waals surface area contributed by atoms with Crippen LogP contribution in [-0.4, -0.2) is 0 Å². The Kier molecular flexibility index (Phi) is 3.27. The van der Waals surface area contributed by atoms with Crippen molar-refractivity contribution in [2.24, 2.45) is 0 Å². The van der Waals surface area contributed by atoms with Gasteiger partial charge in [0.05, 0.1) is 0 Å². The van der Waals surface area contributed by atoms with Crippen molar-refractivity contribution < 1.29 is 0 Å². The minimum absolute atomic E-state index is 1.26. The van der Waals surface area contributed by atoms with Gasteiger partial charge in [-0.2, -0.15) is 0 Å². The van der Waals surface area contributed by atoms with E-state index in [1.165, 1.54) is 55.3 Å². The number of hydrogen-bond acceptors (Lipinski definition) is 0. The molecule has 28 heavy (non-hydrogen) atoms. The van der Waals surface area contributed by atoms with E-state index in [4.69, 9.17) is 0 Å². The van der Waals surface area contributed by atoms with Gasteiger partial charge in [-0.1, -0.05) is 103 Å². The number of benzene rings is 5. The van der Waals surface area contributed by atoms with Crippen molar-refractivity contribution in [3.05, 3.63) is 109 Å². The van der Waals surface area contributed by atoms with Crippen LogP contribution in [-0.2, 0) is 0 Å². The van der Waals surface area contributed by atoms with E-state index in [0.29, 0.717) is 0 Å². The van der Waals surface area contributed by atoms with Gasteiger partial charge in [0.15, 0.2) is 0 Å². The lowest BCUT2D eigenvalue weighted by molar-refractivity contribution is 1.62. The summed E-state index contributed by atoms with van der Waals surface area (Å²) < 4.78 is 0. The Balaban J connectivity index is 1.61. The molecule has 0 N–H and O–H groups in total. The fourth-order valence-electron chi connectivity index (χ4n) is 4.54. The zero-order valence-corrected chi connectivity index (χ0v) is 15.4. The Morgan fingerprint density at radius 2 is 0.964 bits per heavy atom. The first-order valence-electron chi connectivity index (χ1n) is 9.71.